The van der Waals surface area contributed by atoms with E-state index in [0.29, 0.717) is 6.61 Å². The topological polar surface area (TPSA) is 44.5 Å². The summed E-state index contributed by atoms with van der Waals surface area (Å²) >= 11 is 0. The fourth-order valence-corrected chi connectivity index (χ4v) is 2.17. The van der Waals surface area contributed by atoms with E-state index in [4.69, 9.17) is 15.2 Å². The minimum atomic E-state index is -0.0983. The van der Waals surface area contributed by atoms with Crippen LogP contribution in [0.5, 0.6) is 0 Å². The molecule has 2 atom stereocenters. The molecule has 0 fully saturated rings. The first-order valence-corrected chi connectivity index (χ1v) is 6.25. The molecule has 0 bridgehead atoms. The van der Waals surface area contributed by atoms with Crippen molar-refractivity contribution in [2.45, 2.75) is 38.5 Å². The maximum atomic E-state index is 6.16. The van der Waals surface area contributed by atoms with Gasteiger partial charge in [0.15, 0.2) is 0 Å². The number of fused-ring (bicyclic) bond motifs is 1. The SMILES string of the molecule is CC(C)OCC(N)C1OCCc2ccccc21. The summed E-state index contributed by atoms with van der Waals surface area (Å²) < 4.78 is 11.4. The zero-order valence-corrected chi connectivity index (χ0v) is 10.6. The van der Waals surface area contributed by atoms with E-state index in [9.17, 15) is 0 Å². The molecule has 1 heterocycles. The number of hydrogen-bond acceptors (Lipinski definition) is 3. The standard InChI is InChI=1S/C14H21NO2/c1-10(2)17-9-13(15)14-12-6-4-3-5-11(12)7-8-16-14/h3-6,10,13-14H,7-9,15H2,1-2H3. The van der Waals surface area contributed by atoms with Crippen LogP contribution in [0, 0.1) is 0 Å². The van der Waals surface area contributed by atoms with E-state index in [1.807, 2.05) is 19.9 Å². The predicted molar refractivity (Wildman–Crippen MR) is 67.9 cm³/mol. The van der Waals surface area contributed by atoms with Crippen LogP contribution < -0.4 is 5.73 Å². The highest BCUT2D eigenvalue weighted by atomic mass is 16.5. The van der Waals surface area contributed by atoms with Crippen molar-refractivity contribution in [1.82, 2.24) is 0 Å². The quantitative estimate of drug-likeness (QED) is 0.868. The lowest BCUT2D eigenvalue weighted by Crippen LogP contribution is -2.38. The normalized spacial score (nSPS) is 21.3. The number of nitrogens with two attached hydrogens (primary N) is 1. The lowest BCUT2D eigenvalue weighted by atomic mass is 9.94. The van der Waals surface area contributed by atoms with Gasteiger partial charge in [0.2, 0.25) is 0 Å². The number of rotatable bonds is 4. The third-order valence-corrected chi connectivity index (χ3v) is 3.04. The van der Waals surface area contributed by atoms with Gasteiger partial charge in [0, 0.05) is 0 Å². The Morgan fingerprint density at radius 3 is 2.94 bits per heavy atom. The number of ether oxygens (including phenoxy) is 2. The van der Waals surface area contributed by atoms with Crippen LogP contribution in [-0.4, -0.2) is 25.4 Å². The fourth-order valence-electron chi connectivity index (χ4n) is 2.17. The third kappa shape index (κ3) is 3.06. The van der Waals surface area contributed by atoms with Crippen LogP contribution in [0.3, 0.4) is 0 Å². The first-order chi connectivity index (χ1) is 8.18. The second-order valence-electron chi connectivity index (χ2n) is 4.79. The molecule has 17 heavy (non-hydrogen) atoms. The van der Waals surface area contributed by atoms with Crippen molar-refractivity contribution in [2.24, 2.45) is 5.73 Å². The predicted octanol–water partition coefficient (Wildman–Crippen LogP) is 2.05. The first kappa shape index (κ1) is 12.6. The summed E-state index contributed by atoms with van der Waals surface area (Å²) in [5.74, 6) is 0. The molecule has 3 nitrogen and oxygen atoms in total. The largest absolute Gasteiger partial charge is 0.377 e. The molecule has 0 spiro atoms. The Hall–Kier alpha value is -0.900. The molecular weight excluding hydrogens is 214 g/mol. The molecule has 94 valence electrons. The summed E-state index contributed by atoms with van der Waals surface area (Å²) in [5.41, 5.74) is 8.73. The van der Waals surface area contributed by atoms with E-state index in [2.05, 4.69) is 18.2 Å². The molecule has 2 rings (SSSR count). The highest BCUT2D eigenvalue weighted by Crippen LogP contribution is 2.28. The minimum Gasteiger partial charge on any atom is -0.377 e. The maximum Gasteiger partial charge on any atom is 0.100 e. The molecule has 0 aliphatic carbocycles. The van der Waals surface area contributed by atoms with Gasteiger partial charge in [0.1, 0.15) is 6.10 Å². The number of hydrogen-bond donors (Lipinski definition) is 1. The monoisotopic (exact) mass is 235 g/mol. The van der Waals surface area contributed by atoms with Crippen molar-refractivity contribution in [2.75, 3.05) is 13.2 Å². The second-order valence-corrected chi connectivity index (χ2v) is 4.79. The highest BCUT2D eigenvalue weighted by molar-refractivity contribution is 5.31. The molecular formula is C14H21NO2. The molecule has 1 aromatic carbocycles. The van der Waals surface area contributed by atoms with E-state index in [0.717, 1.165) is 13.0 Å². The minimum absolute atomic E-state index is 0.0290. The van der Waals surface area contributed by atoms with Gasteiger partial charge in [-0.15, -0.1) is 0 Å². The molecule has 1 aliphatic rings. The summed E-state index contributed by atoms with van der Waals surface area (Å²) in [6.07, 6.45) is 1.16. The highest BCUT2D eigenvalue weighted by Gasteiger charge is 2.26. The smallest absolute Gasteiger partial charge is 0.100 e. The fraction of sp³-hybridized carbons (Fsp3) is 0.571. The summed E-state index contributed by atoms with van der Waals surface area (Å²) in [7, 11) is 0. The van der Waals surface area contributed by atoms with Gasteiger partial charge in [-0.25, -0.2) is 0 Å². The maximum absolute atomic E-state index is 6.16. The van der Waals surface area contributed by atoms with Crippen molar-refractivity contribution in [3.8, 4) is 0 Å². The van der Waals surface area contributed by atoms with Crippen LogP contribution in [0.2, 0.25) is 0 Å². The van der Waals surface area contributed by atoms with E-state index < -0.39 is 0 Å². The van der Waals surface area contributed by atoms with Crippen LogP contribution in [-0.2, 0) is 15.9 Å². The van der Waals surface area contributed by atoms with Crippen LogP contribution in [0.1, 0.15) is 31.1 Å². The summed E-state index contributed by atoms with van der Waals surface area (Å²) in [6, 6.07) is 8.27. The Labute approximate surface area is 103 Å². The van der Waals surface area contributed by atoms with E-state index in [1.165, 1.54) is 11.1 Å². The van der Waals surface area contributed by atoms with E-state index >= 15 is 0 Å². The zero-order chi connectivity index (χ0) is 12.3. The lowest BCUT2D eigenvalue weighted by molar-refractivity contribution is -0.0147. The number of benzene rings is 1. The van der Waals surface area contributed by atoms with Crippen molar-refractivity contribution < 1.29 is 9.47 Å². The Morgan fingerprint density at radius 1 is 1.41 bits per heavy atom. The van der Waals surface area contributed by atoms with Crippen molar-refractivity contribution in [3.63, 3.8) is 0 Å². The van der Waals surface area contributed by atoms with Gasteiger partial charge in [-0.1, -0.05) is 24.3 Å². The van der Waals surface area contributed by atoms with Gasteiger partial charge < -0.3 is 15.2 Å². The summed E-state index contributed by atoms with van der Waals surface area (Å²) in [4.78, 5) is 0. The van der Waals surface area contributed by atoms with E-state index in [-0.39, 0.29) is 18.2 Å². The molecule has 0 radical (unpaired) electrons. The van der Waals surface area contributed by atoms with Crippen LogP contribution >= 0.6 is 0 Å². The molecule has 0 saturated heterocycles. The Balaban J connectivity index is 2.07. The van der Waals surface area contributed by atoms with Gasteiger partial charge in [-0.3, -0.25) is 0 Å². The zero-order valence-electron chi connectivity index (χ0n) is 10.6. The lowest BCUT2D eigenvalue weighted by Gasteiger charge is -2.30. The Kier molecular flexibility index (Phi) is 4.15. The second kappa shape index (κ2) is 5.63. The van der Waals surface area contributed by atoms with Gasteiger partial charge in [-0.2, -0.15) is 0 Å². The molecule has 1 aromatic rings. The van der Waals surface area contributed by atoms with Gasteiger partial charge >= 0.3 is 0 Å². The van der Waals surface area contributed by atoms with Crippen LogP contribution in [0.15, 0.2) is 24.3 Å². The van der Waals surface area contributed by atoms with Crippen molar-refractivity contribution >= 4 is 0 Å². The average molecular weight is 235 g/mol. The van der Waals surface area contributed by atoms with Gasteiger partial charge in [0.25, 0.3) is 0 Å². The molecule has 0 saturated carbocycles. The van der Waals surface area contributed by atoms with E-state index in [1.54, 1.807) is 0 Å². The van der Waals surface area contributed by atoms with Crippen molar-refractivity contribution in [1.29, 1.82) is 0 Å². The van der Waals surface area contributed by atoms with Crippen LogP contribution in [0.25, 0.3) is 0 Å². The molecule has 1 aliphatic heterocycles. The molecule has 3 heteroatoms. The third-order valence-electron chi connectivity index (χ3n) is 3.04. The molecule has 0 aromatic heterocycles. The molecule has 2 N–H and O–H groups in total. The average Bonchev–Trinajstić information content (AvgIpc) is 2.35. The molecule has 2 unspecified atom stereocenters. The van der Waals surface area contributed by atoms with Crippen LogP contribution in [0.4, 0.5) is 0 Å². The summed E-state index contributed by atoms with van der Waals surface area (Å²) in [6.45, 7) is 5.32. The van der Waals surface area contributed by atoms with Gasteiger partial charge in [0.05, 0.1) is 25.4 Å². The van der Waals surface area contributed by atoms with Gasteiger partial charge in [-0.05, 0) is 31.4 Å². The Morgan fingerprint density at radius 2 is 2.18 bits per heavy atom. The van der Waals surface area contributed by atoms with Crippen molar-refractivity contribution in [3.05, 3.63) is 35.4 Å². The molecule has 0 amide bonds. The Bertz CT molecular complexity index is 365. The first-order valence-electron chi connectivity index (χ1n) is 6.25. The summed E-state index contributed by atoms with van der Waals surface area (Å²) in [5, 5.41) is 0.